The van der Waals surface area contributed by atoms with Crippen LogP contribution in [0.5, 0.6) is 0 Å². The Morgan fingerprint density at radius 1 is 1.12 bits per heavy atom. The Morgan fingerprint density at radius 3 is 2.08 bits per heavy atom. The quantitative estimate of drug-likeness (QED) is 0.702. The summed E-state index contributed by atoms with van der Waals surface area (Å²) in [5.41, 5.74) is -1.04. The summed E-state index contributed by atoms with van der Waals surface area (Å²) in [6.45, 7) is 12.0. The summed E-state index contributed by atoms with van der Waals surface area (Å²) in [5, 5.41) is 2.78. The largest absolute Gasteiger partial charge is 0.444 e. The number of nitrogens with one attached hydrogen (secondary N) is 1. The predicted molar refractivity (Wildman–Crippen MR) is 99.9 cm³/mol. The van der Waals surface area contributed by atoms with Crippen molar-refractivity contribution in [3.05, 3.63) is 0 Å². The van der Waals surface area contributed by atoms with Gasteiger partial charge in [-0.2, -0.15) is 12.6 Å². The molecule has 0 aromatic carbocycles. The van der Waals surface area contributed by atoms with Crippen LogP contribution in [0.2, 0.25) is 0 Å². The van der Waals surface area contributed by atoms with Crippen LogP contribution >= 0.6 is 12.6 Å². The monoisotopic (exact) mass is 372 g/mol. The first-order chi connectivity index (χ1) is 11.4. The molecule has 2 aliphatic rings. The van der Waals surface area contributed by atoms with E-state index in [1.165, 1.54) is 6.42 Å². The average molecular weight is 373 g/mol. The molecular weight excluding hydrogens is 340 g/mol. The van der Waals surface area contributed by atoms with Crippen molar-refractivity contribution >= 4 is 24.8 Å². The van der Waals surface area contributed by atoms with Gasteiger partial charge in [-0.3, -0.25) is 0 Å². The predicted octanol–water partition coefficient (Wildman–Crippen LogP) is 3.31. The fourth-order valence-electron chi connectivity index (χ4n) is 2.85. The molecule has 0 aromatic rings. The third-order valence-corrected chi connectivity index (χ3v) is 4.78. The summed E-state index contributed by atoms with van der Waals surface area (Å²) in [7, 11) is 0. The molecule has 0 heterocycles. The summed E-state index contributed by atoms with van der Waals surface area (Å²) >= 11 is 4.39. The van der Waals surface area contributed by atoms with Crippen LogP contribution in [-0.2, 0) is 9.47 Å². The van der Waals surface area contributed by atoms with Crippen LogP contribution in [0, 0.1) is 17.8 Å². The van der Waals surface area contributed by atoms with E-state index in [9.17, 15) is 9.59 Å². The summed E-state index contributed by atoms with van der Waals surface area (Å²) in [5.74, 6) is 1.90. The molecule has 0 saturated heterocycles. The lowest BCUT2D eigenvalue weighted by Crippen LogP contribution is -2.46. The van der Waals surface area contributed by atoms with Gasteiger partial charge in [-0.05, 0) is 65.6 Å². The van der Waals surface area contributed by atoms with Gasteiger partial charge in [0.25, 0.3) is 0 Å². The second kappa shape index (κ2) is 7.25. The van der Waals surface area contributed by atoms with Crippen LogP contribution in [0.4, 0.5) is 9.59 Å². The Bertz CT molecular complexity index is 504. The molecule has 1 N–H and O–H groups in total. The minimum absolute atomic E-state index is 0.0448. The number of thiol groups is 1. The van der Waals surface area contributed by atoms with Crippen LogP contribution in [0.3, 0.4) is 0 Å². The highest BCUT2D eigenvalue weighted by Gasteiger charge is 2.68. The first kappa shape index (κ1) is 20.2. The molecule has 6 nitrogen and oxygen atoms in total. The van der Waals surface area contributed by atoms with E-state index in [4.69, 9.17) is 9.47 Å². The number of fused-ring (bicyclic) bond motifs is 1. The second-order valence-electron chi connectivity index (χ2n) is 9.12. The van der Waals surface area contributed by atoms with E-state index in [1.807, 2.05) is 46.4 Å². The van der Waals surface area contributed by atoms with Crippen molar-refractivity contribution in [3.63, 3.8) is 0 Å². The van der Waals surface area contributed by atoms with E-state index in [0.29, 0.717) is 36.7 Å². The number of hydrogen-bond donors (Lipinski definition) is 2. The van der Waals surface area contributed by atoms with Gasteiger partial charge in [0.1, 0.15) is 11.2 Å². The van der Waals surface area contributed by atoms with E-state index >= 15 is 0 Å². The second-order valence-corrected chi connectivity index (χ2v) is 9.48. The van der Waals surface area contributed by atoms with E-state index in [1.54, 1.807) is 0 Å². The van der Waals surface area contributed by atoms with Crippen molar-refractivity contribution in [3.8, 4) is 0 Å². The minimum atomic E-state index is -0.529. The molecule has 2 rings (SSSR count). The van der Waals surface area contributed by atoms with Gasteiger partial charge in [0.2, 0.25) is 0 Å². The molecule has 25 heavy (non-hydrogen) atoms. The molecule has 4 atom stereocenters. The van der Waals surface area contributed by atoms with Gasteiger partial charge >= 0.3 is 12.2 Å². The molecule has 144 valence electrons. The Hall–Kier alpha value is -1.11. The van der Waals surface area contributed by atoms with Gasteiger partial charge in [-0.25, -0.2) is 9.59 Å². The smallest absolute Gasteiger partial charge is 0.410 e. The van der Waals surface area contributed by atoms with Crippen LogP contribution in [0.25, 0.3) is 0 Å². The zero-order valence-electron chi connectivity index (χ0n) is 16.2. The number of nitrogens with zero attached hydrogens (tertiary/aromatic N) is 1. The van der Waals surface area contributed by atoms with Gasteiger partial charge < -0.3 is 19.7 Å². The molecule has 2 fully saturated rings. The van der Waals surface area contributed by atoms with Gasteiger partial charge in [-0.15, -0.1) is 0 Å². The molecule has 0 bridgehead atoms. The number of ether oxygens (including phenoxy) is 2. The molecule has 7 heteroatoms. The Labute approximate surface area is 156 Å². The molecular formula is C18H32N2O4S. The van der Waals surface area contributed by atoms with E-state index in [-0.39, 0.29) is 12.0 Å². The zero-order valence-corrected chi connectivity index (χ0v) is 17.1. The maximum Gasteiger partial charge on any atom is 0.410 e. The van der Waals surface area contributed by atoms with Crippen molar-refractivity contribution in [2.24, 2.45) is 17.8 Å². The normalized spacial score (nSPS) is 25.5. The maximum absolute atomic E-state index is 12.6. The van der Waals surface area contributed by atoms with Crippen molar-refractivity contribution < 1.29 is 19.1 Å². The van der Waals surface area contributed by atoms with Gasteiger partial charge in [0.15, 0.2) is 0 Å². The number of carbonyl (C=O) groups is 2. The van der Waals surface area contributed by atoms with Gasteiger partial charge in [0, 0.05) is 25.0 Å². The number of alkyl carbamates (subject to hydrolysis) is 1. The molecule has 0 aromatic heterocycles. The molecule has 0 aliphatic heterocycles. The average Bonchev–Trinajstić information content (AvgIpc) is 3.28. The van der Waals surface area contributed by atoms with Crippen LogP contribution < -0.4 is 5.32 Å². The molecule has 0 radical (unpaired) electrons. The Kier molecular flexibility index (Phi) is 5.86. The lowest BCUT2D eigenvalue weighted by molar-refractivity contribution is 0.0170. The first-order valence-electron chi connectivity index (χ1n) is 8.98. The van der Waals surface area contributed by atoms with Gasteiger partial charge in [0.05, 0.1) is 0 Å². The standard InChI is InChI=1S/C18H32N2O4S/c1-17(2,3)23-15(21)19-8-11(10-25)9-20(14-12-7-13(12)14)16(22)24-18(4,5)6/h11-14,25H,7-10H2,1-6H3,(H,19,21)/t11-,12-,13?,14?/m0/s1. The maximum atomic E-state index is 12.6. The van der Waals surface area contributed by atoms with Gasteiger partial charge in [-0.1, -0.05) is 0 Å². The van der Waals surface area contributed by atoms with Crippen molar-refractivity contribution in [2.75, 3.05) is 18.8 Å². The number of rotatable bonds is 6. The summed E-state index contributed by atoms with van der Waals surface area (Å²) < 4.78 is 10.8. The Morgan fingerprint density at radius 2 is 1.68 bits per heavy atom. The molecule has 2 unspecified atom stereocenters. The van der Waals surface area contributed by atoms with E-state index < -0.39 is 17.3 Å². The topological polar surface area (TPSA) is 67.9 Å². The lowest BCUT2D eigenvalue weighted by Gasteiger charge is -2.32. The minimum Gasteiger partial charge on any atom is -0.444 e. The molecule has 2 amide bonds. The summed E-state index contributed by atoms with van der Waals surface area (Å²) in [4.78, 5) is 26.2. The molecule has 2 aliphatic carbocycles. The Balaban J connectivity index is 1.87. The highest BCUT2D eigenvalue weighted by molar-refractivity contribution is 7.80. The third kappa shape index (κ3) is 6.28. The number of hydrogen-bond acceptors (Lipinski definition) is 5. The summed E-state index contributed by atoms with van der Waals surface area (Å²) in [6, 6.07) is 0.304. The van der Waals surface area contributed by atoms with Crippen LogP contribution in [0.15, 0.2) is 0 Å². The van der Waals surface area contributed by atoms with E-state index in [2.05, 4.69) is 17.9 Å². The molecule has 0 spiro atoms. The lowest BCUT2D eigenvalue weighted by atomic mass is 10.1. The highest BCUT2D eigenvalue weighted by atomic mass is 32.1. The van der Waals surface area contributed by atoms with Crippen LogP contribution in [-0.4, -0.2) is 53.2 Å². The number of carbonyl (C=O) groups excluding carboxylic acids is 2. The summed E-state index contributed by atoms with van der Waals surface area (Å²) in [6.07, 6.45) is 0.497. The fraction of sp³-hybridized carbons (Fsp3) is 0.889. The highest BCUT2D eigenvalue weighted by Crippen LogP contribution is 2.65. The number of amides is 2. The zero-order chi connectivity index (χ0) is 19.0. The first-order valence-corrected chi connectivity index (χ1v) is 9.62. The van der Waals surface area contributed by atoms with Crippen molar-refractivity contribution in [2.45, 2.75) is 65.2 Å². The fourth-order valence-corrected chi connectivity index (χ4v) is 3.10. The third-order valence-electron chi connectivity index (χ3n) is 4.26. The van der Waals surface area contributed by atoms with Crippen molar-refractivity contribution in [1.82, 2.24) is 10.2 Å². The molecule has 2 saturated carbocycles. The van der Waals surface area contributed by atoms with Crippen LogP contribution in [0.1, 0.15) is 48.0 Å². The SMILES string of the molecule is CC(C)(C)OC(=O)NC[C@H](CS)CN(C(=O)OC(C)(C)C)C1C2C[C@@H]21. The van der Waals surface area contributed by atoms with E-state index in [0.717, 1.165) is 0 Å². The van der Waals surface area contributed by atoms with Crippen molar-refractivity contribution in [1.29, 1.82) is 0 Å².